The number of ether oxygens (including phenoxy) is 1. The first kappa shape index (κ1) is 13.4. The largest absolute Gasteiger partial charge is 0.480 e. The van der Waals surface area contributed by atoms with Crippen LogP contribution >= 0.6 is 22.3 Å². The molecule has 0 bridgehead atoms. The van der Waals surface area contributed by atoms with Gasteiger partial charge in [0.2, 0.25) is 5.88 Å². The molecule has 90 valence electrons. The third kappa shape index (κ3) is 2.53. The molecule has 16 heavy (non-hydrogen) atoms. The SMILES string of the molecule is COc1ncc(C(F)F)c(Cl)c1S(=O)(=O)Cl. The molecule has 9 heteroatoms. The number of aromatic nitrogens is 1. The second kappa shape index (κ2) is 4.68. The van der Waals surface area contributed by atoms with Crippen LogP contribution < -0.4 is 4.74 Å². The molecule has 1 aromatic rings. The summed E-state index contributed by atoms with van der Waals surface area (Å²) in [5.74, 6) is -0.426. The minimum atomic E-state index is -4.31. The van der Waals surface area contributed by atoms with Crippen molar-refractivity contribution < 1.29 is 21.9 Å². The number of hydrogen-bond donors (Lipinski definition) is 0. The van der Waals surface area contributed by atoms with Crippen molar-refractivity contribution in [1.29, 1.82) is 0 Å². The Hall–Kier alpha value is -0.660. The highest BCUT2D eigenvalue weighted by atomic mass is 35.7. The van der Waals surface area contributed by atoms with Crippen LogP contribution in [0.25, 0.3) is 0 Å². The summed E-state index contributed by atoms with van der Waals surface area (Å²) in [5, 5.41) is -0.683. The van der Waals surface area contributed by atoms with E-state index in [1.54, 1.807) is 0 Å². The van der Waals surface area contributed by atoms with E-state index in [0.717, 1.165) is 13.3 Å². The van der Waals surface area contributed by atoms with Crippen LogP contribution in [0.3, 0.4) is 0 Å². The maximum absolute atomic E-state index is 12.4. The first-order chi connectivity index (χ1) is 7.29. The predicted molar refractivity (Wildman–Crippen MR) is 53.8 cm³/mol. The Morgan fingerprint density at radius 2 is 2.06 bits per heavy atom. The van der Waals surface area contributed by atoms with Crippen LogP contribution in [0.4, 0.5) is 8.78 Å². The fourth-order valence-corrected chi connectivity index (χ4v) is 2.72. The molecule has 1 aromatic heterocycles. The molecule has 0 aliphatic carbocycles. The van der Waals surface area contributed by atoms with Gasteiger partial charge < -0.3 is 4.74 Å². The zero-order chi connectivity index (χ0) is 12.5. The van der Waals surface area contributed by atoms with E-state index in [1.165, 1.54) is 0 Å². The van der Waals surface area contributed by atoms with Gasteiger partial charge in [-0.2, -0.15) is 0 Å². The van der Waals surface area contributed by atoms with Crippen molar-refractivity contribution >= 4 is 31.3 Å². The van der Waals surface area contributed by atoms with Gasteiger partial charge in [-0.15, -0.1) is 0 Å². The molecular formula is C7H5Cl2F2NO3S. The Morgan fingerprint density at radius 3 is 2.44 bits per heavy atom. The van der Waals surface area contributed by atoms with Gasteiger partial charge in [-0.1, -0.05) is 11.6 Å². The molecule has 0 unspecified atom stereocenters. The van der Waals surface area contributed by atoms with Gasteiger partial charge in [0.25, 0.3) is 15.5 Å². The van der Waals surface area contributed by atoms with Crippen molar-refractivity contribution in [3.8, 4) is 5.88 Å². The monoisotopic (exact) mass is 291 g/mol. The van der Waals surface area contributed by atoms with Crippen LogP contribution in [0.5, 0.6) is 5.88 Å². The molecule has 4 nitrogen and oxygen atoms in total. The van der Waals surface area contributed by atoms with Crippen molar-refractivity contribution in [3.63, 3.8) is 0 Å². The van der Waals surface area contributed by atoms with Gasteiger partial charge in [0, 0.05) is 16.9 Å². The summed E-state index contributed by atoms with van der Waals surface area (Å²) in [6.07, 6.45) is -2.22. The zero-order valence-electron chi connectivity index (χ0n) is 7.75. The van der Waals surface area contributed by atoms with E-state index in [-0.39, 0.29) is 0 Å². The number of methoxy groups -OCH3 is 1. The highest BCUT2D eigenvalue weighted by Crippen LogP contribution is 2.37. The highest BCUT2D eigenvalue weighted by Gasteiger charge is 2.27. The van der Waals surface area contributed by atoms with Gasteiger partial charge >= 0.3 is 0 Å². The van der Waals surface area contributed by atoms with Crippen molar-refractivity contribution in [1.82, 2.24) is 4.98 Å². The second-order valence-corrected chi connectivity index (χ2v) is 5.49. The molecule has 0 saturated heterocycles. The summed E-state index contributed by atoms with van der Waals surface area (Å²) in [5.41, 5.74) is -0.721. The molecule has 0 atom stereocenters. The minimum Gasteiger partial charge on any atom is -0.480 e. The van der Waals surface area contributed by atoms with Crippen LogP contribution in [0.15, 0.2) is 11.1 Å². The Morgan fingerprint density at radius 1 is 1.50 bits per heavy atom. The second-order valence-electron chi connectivity index (χ2n) is 2.60. The third-order valence-corrected chi connectivity index (χ3v) is 3.49. The summed E-state index contributed by atoms with van der Waals surface area (Å²) < 4.78 is 51.7. The number of alkyl halides is 2. The average Bonchev–Trinajstić information content (AvgIpc) is 2.14. The molecule has 0 spiro atoms. The van der Waals surface area contributed by atoms with Gasteiger partial charge in [-0.3, -0.25) is 0 Å². The van der Waals surface area contributed by atoms with Gasteiger partial charge in [-0.05, 0) is 0 Å². The van der Waals surface area contributed by atoms with Crippen LogP contribution in [0.1, 0.15) is 12.0 Å². The molecule has 0 radical (unpaired) electrons. The summed E-state index contributed by atoms with van der Waals surface area (Å²) in [7, 11) is 1.85. The maximum atomic E-state index is 12.4. The Kier molecular flexibility index (Phi) is 3.92. The number of halogens is 4. The Bertz CT molecular complexity index is 507. The van der Waals surface area contributed by atoms with Crippen molar-refractivity contribution in [2.45, 2.75) is 11.3 Å². The van der Waals surface area contributed by atoms with Crippen molar-refractivity contribution in [3.05, 3.63) is 16.8 Å². The quantitative estimate of drug-likeness (QED) is 0.803. The van der Waals surface area contributed by atoms with Crippen LogP contribution in [-0.2, 0) is 9.05 Å². The summed E-state index contributed by atoms with van der Waals surface area (Å²) in [4.78, 5) is 2.64. The molecule has 0 amide bonds. The number of hydrogen-bond acceptors (Lipinski definition) is 4. The molecule has 0 aliphatic rings. The van der Waals surface area contributed by atoms with E-state index in [2.05, 4.69) is 9.72 Å². The molecule has 1 rings (SSSR count). The molecule has 0 fully saturated rings. The third-order valence-electron chi connectivity index (χ3n) is 1.64. The smallest absolute Gasteiger partial charge is 0.268 e. The normalized spacial score (nSPS) is 11.9. The van der Waals surface area contributed by atoms with Gasteiger partial charge in [0.05, 0.1) is 17.7 Å². The standard InChI is InChI=1S/C7H5Cl2F2NO3S/c1-15-7-5(16(9,13)14)4(8)3(2-12-7)6(10)11/h2,6H,1H3. The zero-order valence-corrected chi connectivity index (χ0v) is 10.1. The number of rotatable bonds is 3. The van der Waals surface area contributed by atoms with Crippen LogP contribution in [0.2, 0.25) is 5.02 Å². The van der Waals surface area contributed by atoms with E-state index >= 15 is 0 Å². The van der Waals surface area contributed by atoms with Gasteiger partial charge in [0.1, 0.15) is 0 Å². The minimum absolute atomic E-state index is 0.426. The van der Waals surface area contributed by atoms with Crippen LogP contribution in [-0.4, -0.2) is 20.5 Å². The lowest BCUT2D eigenvalue weighted by atomic mass is 10.3. The molecule has 1 heterocycles. The lowest BCUT2D eigenvalue weighted by Gasteiger charge is -2.09. The lowest BCUT2D eigenvalue weighted by molar-refractivity contribution is 0.150. The van der Waals surface area contributed by atoms with Crippen LogP contribution in [0, 0.1) is 0 Å². The topological polar surface area (TPSA) is 56.3 Å². The fourth-order valence-electron chi connectivity index (χ4n) is 0.977. The first-order valence-corrected chi connectivity index (χ1v) is 6.43. The summed E-state index contributed by atoms with van der Waals surface area (Å²) >= 11 is 5.51. The highest BCUT2D eigenvalue weighted by molar-refractivity contribution is 8.13. The van der Waals surface area contributed by atoms with Gasteiger partial charge in [-0.25, -0.2) is 22.2 Å². The Labute approximate surface area is 99.6 Å². The maximum Gasteiger partial charge on any atom is 0.268 e. The van der Waals surface area contributed by atoms with Gasteiger partial charge in [0.15, 0.2) is 4.90 Å². The van der Waals surface area contributed by atoms with E-state index in [0.29, 0.717) is 0 Å². The first-order valence-electron chi connectivity index (χ1n) is 3.74. The summed E-state index contributed by atoms with van der Waals surface area (Å²) in [6, 6.07) is 0. The average molecular weight is 292 g/mol. The van der Waals surface area contributed by atoms with E-state index in [9.17, 15) is 17.2 Å². The van der Waals surface area contributed by atoms with E-state index < -0.39 is 36.8 Å². The van der Waals surface area contributed by atoms with Crippen molar-refractivity contribution in [2.75, 3.05) is 7.11 Å². The molecule has 0 N–H and O–H groups in total. The predicted octanol–water partition coefficient (Wildman–Crippen LogP) is 2.61. The van der Waals surface area contributed by atoms with Crippen molar-refractivity contribution in [2.24, 2.45) is 0 Å². The summed E-state index contributed by atoms with van der Waals surface area (Å²) in [6.45, 7) is 0. The number of pyridine rings is 1. The lowest BCUT2D eigenvalue weighted by Crippen LogP contribution is -2.02. The molecule has 0 aromatic carbocycles. The van der Waals surface area contributed by atoms with E-state index in [1.807, 2.05) is 0 Å². The molecule has 0 aliphatic heterocycles. The number of nitrogens with zero attached hydrogens (tertiary/aromatic N) is 1. The van der Waals surface area contributed by atoms with E-state index in [4.69, 9.17) is 22.3 Å². The molecule has 0 saturated carbocycles. The fraction of sp³-hybridized carbons (Fsp3) is 0.286. The molecular weight excluding hydrogens is 287 g/mol. The Balaban J connectivity index is 3.60.